The van der Waals surface area contributed by atoms with Crippen molar-refractivity contribution in [1.82, 2.24) is 20.5 Å². The quantitative estimate of drug-likeness (QED) is 0.333. The Balaban J connectivity index is 0.00000300. The van der Waals surface area contributed by atoms with Crippen molar-refractivity contribution < 1.29 is 4.42 Å². The Labute approximate surface area is 191 Å². The molecule has 2 aromatic rings. The van der Waals surface area contributed by atoms with E-state index in [1.165, 1.54) is 19.4 Å². The van der Waals surface area contributed by atoms with Crippen molar-refractivity contribution in [2.24, 2.45) is 10.9 Å². The van der Waals surface area contributed by atoms with Crippen LogP contribution in [0.2, 0.25) is 0 Å². The number of nitrogens with zero attached hydrogens (tertiary/aromatic N) is 3. The standard InChI is InChI=1S/C22H33N5O.HI/c1-4-23-22(24-13-18-9-8-12-27(15-18)17(2)3)25-14-20-16-28-21(26-20)19-10-6-5-7-11-19;/h5-7,10-11,16-18H,4,8-9,12-15H2,1-3H3,(H2,23,24,25);1H. The molecule has 0 bridgehead atoms. The maximum atomic E-state index is 5.61. The van der Waals surface area contributed by atoms with Crippen LogP contribution in [0.3, 0.4) is 0 Å². The van der Waals surface area contributed by atoms with Gasteiger partial charge in [-0.25, -0.2) is 9.98 Å². The fourth-order valence-electron chi connectivity index (χ4n) is 3.57. The number of hydrogen-bond donors (Lipinski definition) is 2. The molecule has 1 aromatic carbocycles. The summed E-state index contributed by atoms with van der Waals surface area (Å²) in [5.74, 6) is 2.14. The third-order valence-corrected chi connectivity index (χ3v) is 5.15. The van der Waals surface area contributed by atoms with E-state index in [1.54, 1.807) is 6.26 Å². The van der Waals surface area contributed by atoms with Crippen LogP contribution in [0.4, 0.5) is 0 Å². The zero-order chi connectivity index (χ0) is 19.8. The third-order valence-electron chi connectivity index (χ3n) is 5.15. The van der Waals surface area contributed by atoms with Gasteiger partial charge in [-0.3, -0.25) is 0 Å². The summed E-state index contributed by atoms with van der Waals surface area (Å²) in [5.41, 5.74) is 1.81. The Morgan fingerprint density at radius 1 is 1.28 bits per heavy atom. The van der Waals surface area contributed by atoms with Gasteiger partial charge < -0.3 is 20.0 Å². The summed E-state index contributed by atoms with van der Waals surface area (Å²) >= 11 is 0. The average molecular weight is 511 g/mol. The van der Waals surface area contributed by atoms with Crippen LogP contribution in [0.15, 0.2) is 46.0 Å². The van der Waals surface area contributed by atoms with Crippen molar-refractivity contribution in [3.8, 4) is 11.5 Å². The van der Waals surface area contributed by atoms with Crippen LogP contribution in [0.25, 0.3) is 11.5 Å². The van der Waals surface area contributed by atoms with Gasteiger partial charge in [0.25, 0.3) is 0 Å². The van der Waals surface area contributed by atoms with Crippen LogP contribution < -0.4 is 10.6 Å². The number of piperidine rings is 1. The molecule has 1 atom stereocenters. The number of likely N-dealkylation sites (tertiary alicyclic amines) is 1. The van der Waals surface area contributed by atoms with Crippen LogP contribution in [-0.2, 0) is 6.54 Å². The normalized spacial score (nSPS) is 17.8. The molecular formula is C22H34IN5O. The van der Waals surface area contributed by atoms with Gasteiger partial charge in [0.1, 0.15) is 12.0 Å². The van der Waals surface area contributed by atoms with E-state index < -0.39 is 0 Å². The second-order valence-corrected chi connectivity index (χ2v) is 7.68. The molecule has 0 spiro atoms. The van der Waals surface area contributed by atoms with E-state index in [2.05, 4.69) is 46.3 Å². The largest absolute Gasteiger partial charge is 0.444 e. The fraction of sp³-hybridized carbons (Fsp3) is 0.545. The molecule has 0 saturated carbocycles. The monoisotopic (exact) mass is 511 g/mol. The van der Waals surface area contributed by atoms with E-state index in [-0.39, 0.29) is 24.0 Å². The van der Waals surface area contributed by atoms with Gasteiger partial charge in [0.2, 0.25) is 5.89 Å². The molecule has 1 aliphatic rings. The number of aliphatic imine (C=N–C) groups is 1. The summed E-state index contributed by atoms with van der Waals surface area (Å²) in [7, 11) is 0. The van der Waals surface area contributed by atoms with Crippen molar-refractivity contribution in [1.29, 1.82) is 0 Å². The molecule has 6 nitrogen and oxygen atoms in total. The van der Waals surface area contributed by atoms with Crippen LogP contribution >= 0.6 is 24.0 Å². The van der Waals surface area contributed by atoms with Crippen LogP contribution in [0, 0.1) is 5.92 Å². The number of guanidine groups is 1. The molecule has 29 heavy (non-hydrogen) atoms. The summed E-state index contributed by atoms with van der Waals surface area (Å²) in [6.45, 7) is 11.3. The smallest absolute Gasteiger partial charge is 0.226 e. The summed E-state index contributed by atoms with van der Waals surface area (Å²) in [4.78, 5) is 11.8. The highest BCUT2D eigenvalue weighted by molar-refractivity contribution is 14.0. The number of hydrogen-bond acceptors (Lipinski definition) is 4. The Morgan fingerprint density at radius 2 is 2.07 bits per heavy atom. The minimum Gasteiger partial charge on any atom is -0.444 e. The van der Waals surface area contributed by atoms with Crippen molar-refractivity contribution in [2.45, 2.75) is 46.2 Å². The predicted molar refractivity (Wildman–Crippen MR) is 130 cm³/mol. The zero-order valence-corrected chi connectivity index (χ0v) is 20.1. The average Bonchev–Trinajstić information content (AvgIpc) is 3.20. The van der Waals surface area contributed by atoms with E-state index in [9.17, 15) is 0 Å². The number of rotatable bonds is 7. The lowest BCUT2D eigenvalue weighted by atomic mass is 9.97. The minimum atomic E-state index is 0. The zero-order valence-electron chi connectivity index (χ0n) is 17.7. The summed E-state index contributed by atoms with van der Waals surface area (Å²) < 4.78 is 5.61. The van der Waals surface area contributed by atoms with E-state index in [4.69, 9.17) is 4.42 Å². The number of oxazole rings is 1. The van der Waals surface area contributed by atoms with Gasteiger partial charge in [0, 0.05) is 31.2 Å². The van der Waals surface area contributed by atoms with Crippen molar-refractivity contribution in [3.05, 3.63) is 42.3 Å². The summed E-state index contributed by atoms with van der Waals surface area (Å²) in [6.07, 6.45) is 4.25. The molecule has 1 fully saturated rings. The van der Waals surface area contributed by atoms with Crippen LogP contribution in [0.5, 0.6) is 0 Å². The molecule has 2 N–H and O–H groups in total. The Hall–Kier alpha value is -1.61. The molecule has 1 unspecified atom stereocenters. The highest BCUT2D eigenvalue weighted by Crippen LogP contribution is 2.19. The molecular weight excluding hydrogens is 477 g/mol. The Morgan fingerprint density at radius 3 is 2.79 bits per heavy atom. The van der Waals surface area contributed by atoms with E-state index in [0.29, 0.717) is 24.4 Å². The summed E-state index contributed by atoms with van der Waals surface area (Å²) in [6, 6.07) is 10.6. The molecule has 7 heteroatoms. The van der Waals surface area contributed by atoms with Gasteiger partial charge >= 0.3 is 0 Å². The van der Waals surface area contributed by atoms with E-state index >= 15 is 0 Å². The first kappa shape index (κ1) is 23.7. The van der Waals surface area contributed by atoms with Gasteiger partial charge in [-0.2, -0.15) is 0 Å². The molecule has 160 valence electrons. The van der Waals surface area contributed by atoms with Crippen molar-refractivity contribution >= 4 is 29.9 Å². The molecule has 0 aliphatic carbocycles. The van der Waals surface area contributed by atoms with Crippen molar-refractivity contribution in [3.63, 3.8) is 0 Å². The van der Waals surface area contributed by atoms with Crippen LogP contribution in [0.1, 0.15) is 39.3 Å². The van der Waals surface area contributed by atoms with Crippen LogP contribution in [-0.4, -0.2) is 48.1 Å². The molecule has 0 amide bonds. The Kier molecular flexibility index (Phi) is 9.93. The molecule has 1 aromatic heterocycles. The molecule has 3 rings (SSSR count). The fourth-order valence-corrected chi connectivity index (χ4v) is 3.57. The molecule has 0 radical (unpaired) electrons. The van der Waals surface area contributed by atoms with Gasteiger partial charge in [0.15, 0.2) is 5.96 Å². The minimum absolute atomic E-state index is 0. The number of nitrogens with one attached hydrogen (secondary N) is 2. The lowest BCUT2D eigenvalue weighted by Crippen LogP contribution is -2.46. The van der Waals surface area contributed by atoms with Gasteiger partial charge in [0.05, 0.1) is 6.54 Å². The third kappa shape index (κ3) is 7.29. The topological polar surface area (TPSA) is 65.7 Å². The van der Waals surface area contributed by atoms with E-state index in [0.717, 1.165) is 36.9 Å². The highest BCUT2D eigenvalue weighted by Gasteiger charge is 2.21. The van der Waals surface area contributed by atoms with Crippen molar-refractivity contribution in [2.75, 3.05) is 26.2 Å². The van der Waals surface area contributed by atoms with Gasteiger partial charge in [-0.1, -0.05) is 18.2 Å². The lowest BCUT2D eigenvalue weighted by Gasteiger charge is -2.35. The predicted octanol–water partition coefficient (Wildman–Crippen LogP) is 4.14. The maximum Gasteiger partial charge on any atom is 0.226 e. The van der Waals surface area contributed by atoms with Gasteiger partial charge in [-0.15, -0.1) is 24.0 Å². The van der Waals surface area contributed by atoms with E-state index in [1.807, 2.05) is 30.3 Å². The number of aromatic nitrogens is 1. The first-order valence-electron chi connectivity index (χ1n) is 10.4. The highest BCUT2D eigenvalue weighted by atomic mass is 127. The maximum absolute atomic E-state index is 5.61. The first-order chi connectivity index (χ1) is 13.7. The molecule has 1 saturated heterocycles. The molecule has 1 aliphatic heterocycles. The lowest BCUT2D eigenvalue weighted by molar-refractivity contribution is 0.141. The number of benzene rings is 1. The Bertz CT molecular complexity index is 747. The SMILES string of the molecule is CCNC(=NCc1coc(-c2ccccc2)n1)NCC1CCCN(C(C)C)C1.I. The summed E-state index contributed by atoms with van der Waals surface area (Å²) in [5, 5.41) is 6.84. The second-order valence-electron chi connectivity index (χ2n) is 7.68. The first-order valence-corrected chi connectivity index (χ1v) is 10.4. The number of halogens is 1. The van der Waals surface area contributed by atoms with Gasteiger partial charge in [-0.05, 0) is 58.2 Å². The molecule has 2 heterocycles. The second kappa shape index (κ2) is 12.2.